The lowest BCUT2D eigenvalue weighted by molar-refractivity contribution is -0.146. The molecular formula is C19H27N5O4. The summed E-state index contributed by atoms with van der Waals surface area (Å²) >= 11 is 0. The number of likely N-dealkylation sites (tertiary alicyclic amines) is 1. The summed E-state index contributed by atoms with van der Waals surface area (Å²) in [6.07, 6.45) is 2.65. The zero-order valence-corrected chi connectivity index (χ0v) is 16.2. The Labute approximate surface area is 164 Å². The van der Waals surface area contributed by atoms with Gasteiger partial charge in [0.2, 0.25) is 0 Å². The normalized spacial score (nSPS) is 18.0. The number of anilines is 1. The van der Waals surface area contributed by atoms with Crippen molar-refractivity contribution in [3.63, 3.8) is 0 Å². The number of nitrogens with zero attached hydrogens (tertiary/aromatic N) is 4. The summed E-state index contributed by atoms with van der Waals surface area (Å²) in [4.78, 5) is 46.2. The van der Waals surface area contributed by atoms with Crippen LogP contribution in [0.1, 0.15) is 19.8 Å². The molecule has 0 saturated carbocycles. The maximum absolute atomic E-state index is 12.5. The van der Waals surface area contributed by atoms with Gasteiger partial charge in [-0.15, -0.1) is 0 Å². The second-order valence-electron chi connectivity index (χ2n) is 6.90. The van der Waals surface area contributed by atoms with E-state index in [1.54, 1.807) is 22.9 Å². The van der Waals surface area contributed by atoms with Crippen molar-refractivity contribution in [2.24, 2.45) is 0 Å². The minimum absolute atomic E-state index is 0.100. The number of hydrogen-bond donors (Lipinski definition) is 1. The van der Waals surface area contributed by atoms with Crippen LogP contribution in [0.15, 0.2) is 24.4 Å². The van der Waals surface area contributed by atoms with Gasteiger partial charge in [0.05, 0.1) is 6.61 Å². The van der Waals surface area contributed by atoms with E-state index in [2.05, 4.69) is 15.2 Å². The Hall–Kier alpha value is -2.84. The maximum Gasteiger partial charge on any atom is 0.409 e. The number of pyridine rings is 1. The van der Waals surface area contributed by atoms with Gasteiger partial charge in [-0.3, -0.25) is 9.59 Å². The largest absolute Gasteiger partial charge is 0.450 e. The van der Waals surface area contributed by atoms with E-state index in [4.69, 9.17) is 4.74 Å². The molecule has 1 aromatic rings. The Morgan fingerprint density at radius 3 is 2.39 bits per heavy atom. The van der Waals surface area contributed by atoms with Crippen LogP contribution in [0.4, 0.5) is 10.6 Å². The molecule has 0 spiro atoms. The van der Waals surface area contributed by atoms with Gasteiger partial charge >= 0.3 is 17.9 Å². The number of carbonyl (C=O) groups excluding carboxylic acids is 3. The van der Waals surface area contributed by atoms with E-state index in [0.29, 0.717) is 58.7 Å². The van der Waals surface area contributed by atoms with Gasteiger partial charge in [-0.05, 0) is 31.9 Å². The van der Waals surface area contributed by atoms with E-state index < -0.39 is 11.8 Å². The molecule has 2 aliphatic rings. The summed E-state index contributed by atoms with van der Waals surface area (Å²) in [5, 5.41) is 2.82. The number of rotatable bonds is 3. The Kier molecular flexibility index (Phi) is 6.67. The average molecular weight is 389 g/mol. The van der Waals surface area contributed by atoms with E-state index in [0.717, 1.165) is 5.82 Å². The lowest BCUT2D eigenvalue weighted by atomic mass is 10.1. The summed E-state index contributed by atoms with van der Waals surface area (Å²) < 4.78 is 4.99. The number of ether oxygens (including phenoxy) is 1. The fourth-order valence-corrected chi connectivity index (χ4v) is 3.49. The first kappa shape index (κ1) is 19.9. The monoisotopic (exact) mass is 389 g/mol. The van der Waals surface area contributed by atoms with Gasteiger partial charge in [0.15, 0.2) is 0 Å². The highest BCUT2D eigenvalue weighted by Crippen LogP contribution is 2.14. The fraction of sp³-hybridized carbons (Fsp3) is 0.579. The zero-order valence-electron chi connectivity index (χ0n) is 16.2. The summed E-state index contributed by atoms with van der Waals surface area (Å²) in [5.74, 6) is -0.179. The number of piperazine rings is 1. The molecule has 0 aliphatic carbocycles. The van der Waals surface area contributed by atoms with E-state index >= 15 is 0 Å². The van der Waals surface area contributed by atoms with E-state index in [1.165, 1.54) is 0 Å². The lowest BCUT2D eigenvalue weighted by Gasteiger charge is -2.35. The van der Waals surface area contributed by atoms with Crippen LogP contribution in [-0.2, 0) is 14.3 Å². The van der Waals surface area contributed by atoms with Crippen molar-refractivity contribution in [1.29, 1.82) is 0 Å². The van der Waals surface area contributed by atoms with Crippen LogP contribution in [0.2, 0.25) is 0 Å². The first-order valence-electron chi connectivity index (χ1n) is 9.76. The van der Waals surface area contributed by atoms with Gasteiger partial charge in [-0.2, -0.15) is 0 Å². The van der Waals surface area contributed by atoms with Crippen molar-refractivity contribution in [1.82, 2.24) is 20.1 Å². The van der Waals surface area contributed by atoms with E-state index in [9.17, 15) is 14.4 Å². The third-order valence-electron chi connectivity index (χ3n) is 5.09. The van der Waals surface area contributed by atoms with Crippen molar-refractivity contribution in [3.8, 4) is 0 Å². The lowest BCUT2D eigenvalue weighted by Crippen LogP contribution is -2.55. The third-order valence-corrected chi connectivity index (χ3v) is 5.09. The van der Waals surface area contributed by atoms with E-state index in [-0.39, 0.29) is 12.1 Å². The minimum Gasteiger partial charge on any atom is -0.450 e. The minimum atomic E-state index is -0.569. The Morgan fingerprint density at radius 1 is 1.07 bits per heavy atom. The number of aromatic nitrogens is 1. The van der Waals surface area contributed by atoms with Crippen LogP contribution in [0.25, 0.3) is 0 Å². The second-order valence-corrected chi connectivity index (χ2v) is 6.90. The van der Waals surface area contributed by atoms with Crippen molar-refractivity contribution in [2.45, 2.75) is 25.8 Å². The van der Waals surface area contributed by atoms with E-state index in [1.807, 2.05) is 18.2 Å². The number of nitrogens with one attached hydrogen (secondary N) is 1. The molecule has 3 rings (SSSR count). The quantitative estimate of drug-likeness (QED) is 0.755. The molecule has 1 N–H and O–H groups in total. The molecule has 9 heteroatoms. The fourth-order valence-electron chi connectivity index (χ4n) is 3.49. The molecular weight excluding hydrogens is 362 g/mol. The Morgan fingerprint density at radius 2 is 1.79 bits per heavy atom. The summed E-state index contributed by atoms with van der Waals surface area (Å²) in [5.41, 5.74) is 0. The van der Waals surface area contributed by atoms with Crippen LogP contribution in [0.5, 0.6) is 0 Å². The summed E-state index contributed by atoms with van der Waals surface area (Å²) in [7, 11) is 0. The van der Waals surface area contributed by atoms with Gasteiger partial charge in [-0.25, -0.2) is 9.78 Å². The van der Waals surface area contributed by atoms with Crippen LogP contribution in [-0.4, -0.2) is 84.6 Å². The molecule has 152 valence electrons. The highest BCUT2D eigenvalue weighted by Gasteiger charge is 2.30. The second kappa shape index (κ2) is 9.38. The third kappa shape index (κ3) is 4.90. The predicted molar refractivity (Wildman–Crippen MR) is 103 cm³/mol. The molecule has 2 aliphatic heterocycles. The zero-order chi connectivity index (χ0) is 19.9. The van der Waals surface area contributed by atoms with Crippen LogP contribution >= 0.6 is 0 Å². The number of piperidine rings is 1. The SMILES string of the molecule is CCOC(=O)N1CCC(NC(=O)C(=O)N2CCN(c3ccccn3)CC2)CC1. The molecule has 0 bridgehead atoms. The molecule has 0 atom stereocenters. The first-order chi connectivity index (χ1) is 13.6. The number of hydrogen-bond acceptors (Lipinski definition) is 6. The van der Waals surface area contributed by atoms with Crippen molar-refractivity contribution >= 4 is 23.7 Å². The molecule has 0 unspecified atom stereocenters. The number of amides is 3. The molecule has 0 radical (unpaired) electrons. The smallest absolute Gasteiger partial charge is 0.409 e. The molecule has 0 aromatic carbocycles. The predicted octanol–water partition coefficient (Wildman–Crippen LogP) is 0.467. The maximum atomic E-state index is 12.5. The highest BCUT2D eigenvalue weighted by atomic mass is 16.6. The van der Waals surface area contributed by atoms with Crippen LogP contribution in [0.3, 0.4) is 0 Å². The van der Waals surface area contributed by atoms with Gasteiger partial charge in [0.1, 0.15) is 5.82 Å². The van der Waals surface area contributed by atoms with Crippen LogP contribution in [0, 0.1) is 0 Å². The first-order valence-corrected chi connectivity index (χ1v) is 9.76. The molecule has 1 aromatic heterocycles. The molecule has 2 fully saturated rings. The summed E-state index contributed by atoms with van der Waals surface area (Å²) in [6.45, 7) is 5.42. The van der Waals surface area contributed by atoms with Gasteiger partial charge in [0.25, 0.3) is 0 Å². The standard InChI is InChI=1S/C19H27N5O4/c1-2-28-19(27)24-9-6-15(7-10-24)21-17(25)18(26)23-13-11-22(12-14-23)16-5-3-4-8-20-16/h3-5,8,15H,2,6-7,9-14H2,1H3,(H,21,25). The Bertz CT molecular complexity index is 683. The van der Waals surface area contributed by atoms with Gasteiger partial charge in [-0.1, -0.05) is 6.07 Å². The molecule has 3 amide bonds. The molecule has 2 saturated heterocycles. The van der Waals surface area contributed by atoms with Crippen LogP contribution < -0.4 is 10.2 Å². The van der Waals surface area contributed by atoms with Crippen molar-refractivity contribution in [2.75, 3.05) is 50.8 Å². The number of carbonyl (C=O) groups is 3. The topological polar surface area (TPSA) is 95.1 Å². The molecule has 28 heavy (non-hydrogen) atoms. The molecule has 9 nitrogen and oxygen atoms in total. The Balaban J connectivity index is 1.42. The van der Waals surface area contributed by atoms with Crippen molar-refractivity contribution in [3.05, 3.63) is 24.4 Å². The molecule has 3 heterocycles. The van der Waals surface area contributed by atoms with Crippen molar-refractivity contribution < 1.29 is 19.1 Å². The van der Waals surface area contributed by atoms with Gasteiger partial charge < -0.3 is 24.8 Å². The highest BCUT2D eigenvalue weighted by molar-refractivity contribution is 6.35. The average Bonchev–Trinajstić information content (AvgIpc) is 2.74. The van der Waals surface area contributed by atoms with Gasteiger partial charge in [0, 0.05) is 51.5 Å². The summed E-state index contributed by atoms with van der Waals surface area (Å²) in [6, 6.07) is 5.63.